The van der Waals surface area contributed by atoms with Crippen molar-refractivity contribution in [3.63, 3.8) is 0 Å². The number of nitro benzene ring substituents is 1. The smallest absolute Gasteiger partial charge is 0.341 e. The summed E-state index contributed by atoms with van der Waals surface area (Å²) in [5, 5.41) is 11.1. The van der Waals surface area contributed by atoms with E-state index in [4.69, 9.17) is 9.47 Å². The number of nitrogens with zero attached hydrogens (tertiary/aromatic N) is 2. The molecule has 0 saturated heterocycles. The summed E-state index contributed by atoms with van der Waals surface area (Å²) in [5.41, 5.74) is 1.50. The molecule has 3 rings (SSSR count). The zero-order chi connectivity index (χ0) is 18.1. The van der Waals surface area contributed by atoms with Crippen LogP contribution >= 0.6 is 0 Å². The standard InChI is InChI=1S/C17H14N2O6/c1-3-24-16(20)13-9(2)18-12-8-25-17(21)15(12)14(13)10-5-4-6-11(7-10)19(22)23/h4-7H,3,8H2,1-2H3. The second-order valence-electron chi connectivity index (χ2n) is 5.37. The number of pyridine rings is 1. The predicted molar refractivity (Wildman–Crippen MR) is 86.1 cm³/mol. The van der Waals surface area contributed by atoms with E-state index in [9.17, 15) is 19.7 Å². The fourth-order valence-electron chi connectivity index (χ4n) is 2.81. The molecular weight excluding hydrogens is 328 g/mol. The van der Waals surface area contributed by atoms with Gasteiger partial charge in [0.25, 0.3) is 5.69 Å². The molecule has 0 aliphatic carbocycles. The molecule has 0 bridgehead atoms. The molecule has 1 aromatic heterocycles. The number of ether oxygens (including phenoxy) is 2. The minimum atomic E-state index is -0.642. The van der Waals surface area contributed by atoms with Crippen LogP contribution in [0.25, 0.3) is 11.1 Å². The Morgan fingerprint density at radius 3 is 2.84 bits per heavy atom. The number of aromatic nitrogens is 1. The summed E-state index contributed by atoms with van der Waals surface area (Å²) in [7, 11) is 0. The van der Waals surface area contributed by atoms with Crippen molar-refractivity contribution in [2.45, 2.75) is 20.5 Å². The number of esters is 2. The first-order chi connectivity index (χ1) is 11.9. The maximum absolute atomic E-state index is 12.4. The lowest BCUT2D eigenvalue weighted by Gasteiger charge is -2.14. The van der Waals surface area contributed by atoms with Crippen LogP contribution in [0.4, 0.5) is 5.69 Å². The summed E-state index contributed by atoms with van der Waals surface area (Å²) in [6.07, 6.45) is 0. The van der Waals surface area contributed by atoms with Crippen LogP contribution in [0.3, 0.4) is 0 Å². The molecule has 1 aliphatic heterocycles. The van der Waals surface area contributed by atoms with Gasteiger partial charge in [-0.05, 0) is 19.4 Å². The highest BCUT2D eigenvalue weighted by atomic mass is 16.6. The van der Waals surface area contributed by atoms with Crippen LogP contribution in [0.15, 0.2) is 24.3 Å². The van der Waals surface area contributed by atoms with E-state index in [0.29, 0.717) is 17.0 Å². The van der Waals surface area contributed by atoms with Crippen LogP contribution < -0.4 is 0 Å². The third-order valence-electron chi connectivity index (χ3n) is 3.82. The number of hydrogen-bond donors (Lipinski definition) is 0. The van der Waals surface area contributed by atoms with E-state index in [1.807, 2.05) is 0 Å². The van der Waals surface area contributed by atoms with Crippen LogP contribution in [0.2, 0.25) is 0 Å². The van der Waals surface area contributed by atoms with Gasteiger partial charge in [-0.25, -0.2) is 9.59 Å². The van der Waals surface area contributed by atoms with E-state index < -0.39 is 16.9 Å². The topological polar surface area (TPSA) is 109 Å². The van der Waals surface area contributed by atoms with Crippen molar-refractivity contribution < 1.29 is 24.0 Å². The van der Waals surface area contributed by atoms with Crippen molar-refractivity contribution in [2.75, 3.05) is 6.61 Å². The summed E-state index contributed by atoms with van der Waals surface area (Å²) in [6, 6.07) is 5.73. The number of aryl methyl sites for hydroxylation is 1. The lowest BCUT2D eigenvalue weighted by atomic mass is 9.92. The van der Waals surface area contributed by atoms with Crippen molar-refractivity contribution in [3.8, 4) is 11.1 Å². The first-order valence-electron chi connectivity index (χ1n) is 7.56. The molecule has 2 heterocycles. The largest absolute Gasteiger partial charge is 0.462 e. The monoisotopic (exact) mass is 342 g/mol. The highest BCUT2D eigenvalue weighted by molar-refractivity contribution is 6.08. The van der Waals surface area contributed by atoms with Gasteiger partial charge in [-0.15, -0.1) is 0 Å². The third-order valence-corrected chi connectivity index (χ3v) is 3.82. The van der Waals surface area contributed by atoms with Crippen LogP contribution in [-0.4, -0.2) is 28.5 Å². The number of rotatable bonds is 4. The number of hydrogen-bond acceptors (Lipinski definition) is 7. The van der Waals surface area contributed by atoms with E-state index in [2.05, 4.69) is 4.98 Å². The fourth-order valence-corrected chi connectivity index (χ4v) is 2.81. The number of nitro groups is 1. The Labute approximate surface area is 142 Å². The van der Waals surface area contributed by atoms with Crippen molar-refractivity contribution in [1.29, 1.82) is 0 Å². The highest BCUT2D eigenvalue weighted by Gasteiger charge is 2.33. The Hall–Kier alpha value is -3.29. The van der Waals surface area contributed by atoms with Gasteiger partial charge in [0.1, 0.15) is 6.61 Å². The fraction of sp³-hybridized carbons (Fsp3) is 0.235. The highest BCUT2D eigenvalue weighted by Crippen LogP contribution is 2.36. The molecule has 128 valence electrons. The van der Waals surface area contributed by atoms with E-state index in [1.54, 1.807) is 19.9 Å². The molecule has 0 unspecified atom stereocenters. The third kappa shape index (κ3) is 2.82. The zero-order valence-corrected chi connectivity index (χ0v) is 13.6. The summed E-state index contributed by atoms with van der Waals surface area (Å²) in [6.45, 7) is 3.43. The van der Waals surface area contributed by atoms with Gasteiger partial charge in [0, 0.05) is 17.7 Å². The maximum Gasteiger partial charge on any atom is 0.341 e. The first-order valence-corrected chi connectivity index (χ1v) is 7.56. The molecule has 8 heteroatoms. The normalized spacial score (nSPS) is 12.5. The quantitative estimate of drug-likeness (QED) is 0.477. The van der Waals surface area contributed by atoms with Gasteiger partial charge in [0.2, 0.25) is 0 Å². The van der Waals surface area contributed by atoms with Crippen molar-refractivity contribution >= 4 is 17.6 Å². The Balaban J connectivity index is 2.33. The molecular formula is C17H14N2O6. The Morgan fingerprint density at radius 1 is 1.40 bits per heavy atom. The summed E-state index contributed by atoms with van der Waals surface area (Å²) in [4.78, 5) is 39.4. The Bertz CT molecular complexity index is 906. The van der Waals surface area contributed by atoms with Gasteiger partial charge < -0.3 is 9.47 Å². The lowest BCUT2D eigenvalue weighted by molar-refractivity contribution is -0.384. The van der Waals surface area contributed by atoms with E-state index in [-0.39, 0.29) is 35.6 Å². The van der Waals surface area contributed by atoms with Crippen molar-refractivity contribution in [1.82, 2.24) is 4.98 Å². The summed E-state index contributed by atoms with van der Waals surface area (Å²) < 4.78 is 10.1. The lowest BCUT2D eigenvalue weighted by Crippen LogP contribution is -2.14. The van der Waals surface area contributed by atoms with E-state index in [0.717, 1.165) is 0 Å². The van der Waals surface area contributed by atoms with Crippen LogP contribution in [0.5, 0.6) is 0 Å². The first kappa shape index (κ1) is 16.6. The van der Waals surface area contributed by atoms with Gasteiger partial charge >= 0.3 is 11.9 Å². The minimum Gasteiger partial charge on any atom is -0.462 e. The summed E-state index contributed by atoms with van der Waals surface area (Å²) in [5.74, 6) is -1.26. The maximum atomic E-state index is 12.4. The van der Waals surface area contributed by atoms with Gasteiger partial charge in [0.15, 0.2) is 0 Å². The molecule has 0 N–H and O–H groups in total. The van der Waals surface area contributed by atoms with Crippen molar-refractivity contribution in [3.05, 3.63) is 56.9 Å². The van der Waals surface area contributed by atoms with Crippen LogP contribution in [-0.2, 0) is 16.1 Å². The second-order valence-corrected chi connectivity index (χ2v) is 5.37. The van der Waals surface area contributed by atoms with Gasteiger partial charge in [-0.1, -0.05) is 12.1 Å². The number of benzene rings is 1. The number of non-ortho nitro benzene ring substituents is 1. The molecule has 8 nitrogen and oxygen atoms in total. The van der Waals surface area contributed by atoms with Gasteiger partial charge in [-0.3, -0.25) is 15.1 Å². The number of cyclic esters (lactones) is 1. The predicted octanol–water partition coefficient (Wildman–Crippen LogP) is 2.81. The molecule has 0 fully saturated rings. The van der Waals surface area contributed by atoms with Crippen LogP contribution in [0.1, 0.15) is 39.0 Å². The molecule has 0 amide bonds. The second kappa shape index (κ2) is 6.31. The Morgan fingerprint density at radius 2 is 2.16 bits per heavy atom. The molecule has 0 radical (unpaired) electrons. The molecule has 1 aromatic carbocycles. The zero-order valence-electron chi connectivity index (χ0n) is 13.6. The Kier molecular flexibility index (Phi) is 4.18. The molecule has 25 heavy (non-hydrogen) atoms. The number of carbonyl (C=O) groups excluding carboxylic acids is 2. The number of carbonyl (C=O) groups is 2. The molecule has 2 aromatic rings. The van der Waals surface area contributed by atoms with Crippen LogP contribution in [0, 0.1) is 17.0 Å². The molecule has 1 aliphatic rings. The molecule has 0 saturated carbocycles. The van der Waals surface area contributed by atoms with E-state index >= 15 is 0 Å². The molecule has 0 atom stereocenters. The minimum absolute atomic E-state index is 0.0000386. The van der Waals surface area contributed by atoms with E-state index in [1.165, 1.54) is 18.2 Å². The molecule has 0 spiro atoms. The van der Waals surface area contributed by atoms with Gasteiger partial charge in [0.05, 0.1) is 34.0 Å². The number of fused-ring (bicyclic) bond motifs is 1. The average Bonchev–Trinajstić information content (AvgIpc) is 2.94. The SMILES string of the molecule is CCOC(=O)c1c(C)nc2c(c1-c1cccc([N+](=O)[O-])c1)C(=O)OC2. The average molecular weight is 342 g/mol. The summed E-state index contributed by atoms with van der Waals surface area (Å²) >= 11 is 0. The van der Waals surface area contributed by atoms with Gasteiger partial charge in [-0.2, -0.15) is 0 Å². The van der Waals surface area contributed by atoms with Crippen molar-refractivity contribution in [2.24, 2.45) is 0 Å².